The van der Waals surface area contributed by atoms with Crippen LogP contribution in [0.1, 0.15) is 16.1 Å². The van der Waals surface area contributed by atoms with Crippen LogP contribution in [-0.4, -0.2) is 10.8 Å². The lowest BCUT2D eigenvalue weighted by atomic mass is 10.1. The zero-order valence-electron chi connectivity index (χ0n) is 9.16. The molecule has 0 amide bonds. The lowest BCUT2D eigenvalue weighted by Gasteiger charge is -2.04. The van der Waals surface area contributed by atoms with Gasteiger partial charge in [0.15, 0.2) is 5.78 Å². The molecule has 5 heteroatoms. The number of aromatic nitrogens is 1. The van der Waals surface area contributed by atoms with E-state index in [9.17, 15) is 9.18 Å². The van der Waals surface area contributed by atoms with Gasteiger partial charge >= 0.3 is 0 Å². The molecule has 0 N–H and O–H groups in total. The average molecular weight is 373 g/mol. The van der Waals surface area contributed by atoms with Crippen molar-refractivity contribution in [3.05, 3.63) is 62.5 Å². The number of Topliss-reactive ketones (excluding diaryl/α,β-unsaturated/α-hetero) is 1. The van der Waals surface area contributed by atoms with Gasteiger partial charge in [-0.25, -0.2) is 4.39 Å². The van der Waals surface area contributed by atoms with Crippen LogP contribution >= 0.6 is 31.9 Å². The van der Waals surface area contributed by atoms with Gasteiger partial charge in [-0.15, -0.1) is 0 Å². The van der Waals surface area contributed by atoms with E-state index in [1.54, 1.807) is 12.3 Å². The maximum absolute atomic E-state index is 12.9. The van der Waals surface area contributed by atoms with Crippen molar-refractivity contribution < 1.29 is 9.18 Å². The molecular formula is C13H8Br2FNO. The first-order valence-corrected chi connectivity index (χ1v) is 6.73. The predicted octanol–water partition coefficient (Wildman–Crippen LogP) is 4.17. The molecule has 2 aromatic rings. The molecule has 92 valence electrons. The molecule has 1 aromatic carbocycles. The Morgan fingerprint density at radius 3 is 2.61 bits per heavy atom. The minimum absolute atomic E-state index is 0.100. The first-order valence-electron chi connectivity index (χ1n) is 5.15. The molecule has 0 saturated carbocycles. The number of hydrogen-bond donors (Lipinski definition) is 0. The third-order valence-electron chi connectivity index (χ3n) is 2.36. The second kappa shape index (κ2) is 5.71. The Kier molecular flexibility index (Phi) is 4.24. The molecule has 0 aliphatic heterocycles. The Bertz CT molecular complexity index is 584. The van der Waals surface area contributed by atoms with Crippen LogP contribution in [0.25, 0.3) is 0 Å². The summed E-state index contributed by atoms with van der Waals surface area (Å²) in [6.45, 7) is 0. The number of carbonyl (C=O) groups is 1. The molecule has 0 atom stereocenters. The van der Waals surface area contributed by atoms with E-state index in [4.69, 9.17) is 0 Å². The molecule has 0 unspecified atom stereocenters. The van der Waals surface area contributed by atoms with Gasteiger partial charge in [-0.05, 0) is 62.2 Å². The predicted molar refractivity (Wildman–Crippen MR) is 74.1 cm³/mol. The van der Waals surface area contributed by atoms with Crippen LogP contribution < -0.4 is 0 Å². The van der Waals surface area contributed by atoms with Crippen molar-refractivity contribution in [3.8, 4) is 0 Å². The number of ketones is 1. The quantitative estimate of drug-likeness (QED) is 0.757. The van der Waals surface area contributed by atoms with Gasteiger partial charge in [0.05, 0.1) is 6.42 Å². The summed E-state index contributed by atoms with van der Waals surface area (Å²) in [6.07, 6.45) is 1.83. The van der Waals surface area contributed by atoms with Crippen LogP contribution in [-0.2, 0) is 6.42 Å². The topological polar surface area (TPSA) is 30.0 Å². The molecule has 0 fully saturated rings. The highest BCUT2D eigenvalue weighted by Gasteiger charge is 2.12. The summed E-state index contributed by atoms with van der Waals surface area (Å²) >= 11 is 6.46. The molecule has 0 aliphatic carbocycles. The number of hydrogen-bond acceptors (Lipinski definition) is 2. The summed E-state index contributed by atoms with van der Waals surface area (Å²) in [7, 11) is 0. The third-order valence-corrected chi connectivity index (χ3v) is 3.49. The fourth-order valence-corrected chi connectivity index (χ4v) is 2.29. The average Bonchev–Trinajstić information content (AvgIpc) is 2.32. The molecular weight excluding hydrogens is 365 g/mol. The largest absolute Gasteiger partial charge is 0.294 e. The fourth-order valence-electron chi connectivity index (χ4n) is 1.49. The van der Waals surface area contributed by atoms with Crippen LogP contribution in [0.4, 0.5) is 4.39 Å². The number of halogens is 3. The molecule has 18 heavy (non-hydrogen) atoms. The molecule has 0 radical (unpaired) electrons. The van der Waals surface area contributed by atoms with Gasteiger partial charge in [-0.1, -0.05) is 0 Å². The number of benzene rings is 1. The molecule has 0 spiro atoms. The van der Waals surface area contributed by atoms with E-state index in [0.29, 0.717) is 15.7 Å². The maximum Gasteiger partial charge on any atom is 0.169 e. The van der Waals surface area contributed by atoms with Crippen molar-refractivity contribution in [2.45, 2.75) is 6.42 Å². The van der Waals surface area contributed by atoms with Gasteiger partial charge in [0.25, 0.3) is 0 Å². The summed E-state index contributed by atoms with van der Waals surface area (Å²) in [5.41, 5.74) is 1.14. The van der Waals surface area contributed by atoms with Gasteiger partial charge in [0, 0.05) is 26.4 Å². The molecule has 1 heterocycles. The highest BCUT2D eigenvalue weighted by molar-refractivity contribution is 9.10. The Labute approximate surface area is 121 Å². The van der Waals surface area contributed by atoms with Crippen molar-refractivity contribution in [2.75, 3.05) is 0 Å². The van der Waals surface area contributed by atoms with Crippen LogP contribution in [0.3, 0.4) is 0 Å². The van der Waals surface area contributed by atoms with Gasteiger partial charge in [-0.2, -0.15) is 0 Å². The van der Waals surface area contributed by atoms with E-state index >= 15 is 0 Å². The number of rotatable bonds is 3. The monoisotopic (exact) mass is 371 g/mol. The zero-order chi connectivity index (χ0) is 13.1. The second-order valence-electron chi connectivity index (χ2n) is 3.69. The number of pyridine rings is 1. The summed E-state index contributed by atoms with van der Waals surface area (Å²) in [5.74, 6) is -0.475. The van der Waals surface area contributed by atoms with E-state index in [0.717, 1.165) is 4.47 Å². The summed E-state index contributed by atoms with van der Waals surface area (Å²) in [6, 6.07) is 7.63. The highest BCUT2D eigenvalue weighted by Crippen LogP contribution is 2.20. The standard InChI is InChI=1S/C13H8Br2FNO/c14-8-1-3-10(17-7-8)6-13(18)11-4-2-9(16)5-12(11)15/h1-5,7H,6H2. The molecule has 0 saturated heterocycles. The zero-order valence-corrected chi connectivity index (χ0v) is 12.3. The Hall–Kier alpha value is -1.07. The van der Waals surface area contributed by atoms with E-state index in [1.165, 1.54) is 18.2 Å². The summed E-state index contributed by atoms with van der Waals surface area (Å²) in [5, 5.41) is 0. The van der Waals surface area contributed by atoms with Crippen molar-refractivity contribution in [1.29, 1.82) is 0 Å². The first-order chi connectivity index (χ1) is 8.56. The van der Waals surface area contributed by atoms with Crippen molar-refractivity contribution >= 4 is 37.6 Å². The molecule has 0 aliphatic rings. The number of nitrogens with zero attached hydrogens (tertiary/aromatic N) is 1. The fraction of sp³-hybridized carbons (Fsp3) is 0.0769. The van der Waals surface area contributed by atoms with E-state index in [1.807, 2.05) is 6.07 Å². The van der Waals surface area contributed by atoms with Crippen LogP contribution in [0.5, 0.6) is 0 Å². The lowest BCUT2D eigenvalue weighted by Crippen LogP contribution is -2.06. The minimum Gasteiger partial charge on any atom is -0.294 e. The van der Waals surface area contributed by atoms with Crippen molar-refractivity contribution in [1.82, 2.24) is 4.98 Å². The van der Waals surface area contributed by atoms with Gasteiger partial charge in [0.2, 0.25) is 0 Å². The van der Waals surface area contributed by atoms with Crippen LogP contribution in [0, 0.1) is 5.82 Å². The molecule has 0 bridgehead atoms. The van der Waals surface area contributed by atoms with Crippen LogP contribution in [0.2, 0.25) is 0 Å². The van der Waals surface area contributed by atoms with E-state index in [2.05, 4.69) is 36.8 Å². The van der Waals surface area contributed by atoms with Gasteiger partial charge < -0.3 is 0 Å². The van der Waals surface area contributed by atoms with Crippen molar-refractivity contribution in [3.63, 3.8) is 0 Å². The van der Waals surface area contributed by atoms with E-state index < -0.39 is 0 Å². The first kappa shape index (κ1) is 13.4. The second-order valence-corrected chi connectivity index (χ2v) is 5.46. The van der Waals surface area contributed by atoms with Crippen molar-refractivity contribution in [2.24, 2.45) is 0 Å². The molecule has 1 aromatic heterocycles. The molecule has 2 nitrogen and oxygen atoms in total. The Balaban J connectivity index is 2.19. The summed E-state index contributed by atoms with van der Waals surface area (Å²) < 4.78 is 14.2. The smallest absolute Gasteiger partial charge is 0.169 e. The Morgan fingerprint density at radius 2 is 2.00 bits per heavy atom. The van der Waals surface area contributed by atoms with Gasteiger partial charge in [0.1, 0.15) is 5.82 Å². The minimum atomic E-state index is -0.375. The van der Waals surface area contributed by atoms with Gasteiger partial charge in [-0.3, -0.25) is 9.78 Å². The van der Waals surface area contributed by atoms with E-state index in [-0.39, 0.29) is 18.0 Å². The third kappa shape index (κ3) is 3.23. The SMILES string of the molecule is O=C(Cc1ccc(Br)cn1)c1ccc(F)cc1Br. The van der Waals surface area contributed by atoms with Crippen LogP contribution in [0.15, 0.2) is 45.5 Å². The Morgan fingerprint density at radius 1 is 1.22 bits per heavy atom. The highest BCUT2D eigenvalue weighted by atomic mass is 79.9. The maximum atomic E-state index is 12.9. The summed E-state index contributed by atoms with van der Waals surface area (Å²) in [4.78, 5) is 16.2. The normalized spacial score (nSPS) is 10.4. The number of carbonyl (C=O) groups excluding carboxylic acids is 1. The lowest BCUT2D eigenvalue weighted by molar-refractivity contribution is 0.0991. The molecule has 2 rings (SSSR count).